The highest BCUT2D eigenvalue weighted by Gasteiger charge is 2.28. The lowest BCUT2D eigenvalue weighted by atomic mass is 10.0. The van der Waals surface area contributed by atoms with E-state index in [1.165, 1.54) is 18.4 Å². The molecule has 0 unspecified atom stereocenters. The van der Waals surface area contributed by atoms with Gasteiger partial charge in [-0.3, -0.25) is 4.90 Å². The fourth-order valence-electron chi connectivity index (χ4n) is 3.70. The molecule has 1 fully saturated rings. The highest BCUT2D eigenvalue weighted by atomic mass is 15.4. The van der Waals surface area contributed by atoms with Crippen LogP contribution in [0.15, 0.2) is 43.0 Å². The monoisotopic (exact) mass is 351 g/mol. The lowest BCUT2D eigenvalue weighted by Crippen LogP contribution is -2.34. The number of aryl methyl sites for hydroxylation is 1. The molecule has 0 spiro atoms. The molecule has 1 aliphatic rings. The average molecular weight is 351 g/mol. The Labute approximate surface area is 153 Å². The Morgan fingerprint density at radius 3 is 2.77 bits per heavy atom. The summed E-state index contributed by atoms with van der Waals surface area (Å²) in [6, 6.07) is 11.0. The van der Waals surface area contributed by atoms with Gasteiger partial charge in [0.05, 0.1) is 6.04 Å². The second-order valence-corrected chi connectivity index (χ2v) is 6.76. The number of aromatic nitrogens is 6. The van der Waals surface area contributed by atoms with E-state index in [2.05, 4.69) is 56.9 Å². The van der Waals surface area contributed by atoms with Gasteiger partial charge in [0.2, 0.25) is 0 Å². The number of benzene rings is 1. The van der Waals surface area contributed by atoms with Gasteiger partial charge in [-0.1, -0.05) is 36.8 Å². The smallest absolute Gasteiger partial charge is 0.172 e. The van der Waals surface area contributed by atoms with Crippen LogP contribution in [0.5, 0.6) is 0 Å². The summed E-state index contributed by atoms with van der Waals surface area (Å²) in [5.41, 5.74) is 1.35. The number of nitrogens with zero attached hydrogens (tertiary/aromatic N) is 7. The summed E-state index contributed by atoms with van der Waals surface area (Å²) >= 11 is 0. The first kappa shape index (κ1) is 16.9. The number of piperidine rings is 1. The number of rotatable bonds is 6. The summed E-state index contributed by atoms with van der Waals surface area (Å²) in [5, 5.41) is 8.88. The molecule has 7 heteroatoms. The Balaban J connectivity index is 1.58. The number of likely N-dealkylation sites (tertiary alicyclic amines) is 1. The summed E-state index contributed by atoms with van der Waals surface area (Å²) in [6.45, 7) is 5.58. The summed E-state index contributed by atoms with van der Waals surface area (Å²) in [6.07, 6.45) is 6.86. The lowest BCUT2D eigenvalue weighted by molar-refractivity contribution is 0.130. The summed E-state index contributed by atoms with van der Waals surface area (Å²) in [4.78, 5) is 11.4. The second-order valence-electron chi connectivity index (χ2n) is 6.76. The van der Waals surface area contributed by atoms with E-state index < -0.39 is 0 Å². The molecule has 1 aliphatic heterocycles. The van der Waals surface area contributed by atoms with E-state index in [0.29, 0.717) is 12.6 Å². The minimum Gasteiger partial charge on any atom is -0.289 e. The zero-order chi connectivity index (χ0) is 17.8. The van der Waals surface area contributed by atoms with Gasteiger partial charge in [-0.25, -0.2) is 19.3 Å². The van der Waals surface area contributed by atoms with Crippen LogP contribution in [-0.4, -0.2) is 41.0 Å². The van der Waals surface area contributed by atoms with Crippen LogP contribution in [0.4, 0.5) is 0 Å². The molecule has 0 saturated carbocycles. The first-order valence-corrected chi connectivity index (χ1v) is 9.37. The first-order valence-electron chi connectivity index (χ1n) is 9.37. The molecule has 0 amide bonds. The van der Waals surface area contributed by atoms with Crippen LogP contribution in [0.1, 0.15) is 49.4 Å². The highest BCUT2D eigenvalue weighted by Crippen LogP contribution is 2.31. The van der Waals surface area contributed by atoms with Crippen molar-refractivity contribution in [1.29, 1.82) is 0 Å². The van der Waals surface area contributed by atoms with Gasteiger partial charge in [-0.2, -0.15) is 10.2 Å². The third-order valence-corrected chi connectivity index (χ3v) is 4.95. The van der Waals surface area contributed by atoms with Crippen molar-refractivity contribution in [2.24, 2.45) is 0 Å². The zero-order valence-electron chi connectivity index (χ0n) is 15.2. The van der Waals surface area contributed by atoms with Crippen molar-refractivity contribution in [2.75, 3.05) is 6.54 Å². The van der Waals surface area contributed by atoms with Crippen molar-refractivity contribution >= 4 is 0 Å². The Bertz CT molecular complexity index is 810. The molecular formula is C19H25N7. The van der Waals surface area contributed by atoms with Crippen molar-refractivity contribution < 1.29 is 0 Å². The molecule has 7 nitrogen and oxygen atoms in total. The predicted molar refractivity (Wildman–Crippen MR) is 98.3 cm³/mol. The Morgan fingerprint density at radius 2 is 2.00 bits per heavy atom. The van der Waals surface area contributed by atoms with E-state index in [1.54, 1.807) is 17.3 Å². The van der Waals surface area contributed by atoms with Crippen LogP contribution in [-0.2, 0) is 19.6 Å². The Morgan fingerprint density at radius 1 is 1.12 bits per heavy atom. The molecule has 26 heavy (non-hydrogen) atoms. The topological polar surface area (TPSA) is 64.7 Å². The molecule has 1 aromatic carbocycles. The lowest BCUT2D eigenvalue weighted by Gasteiger charge is -2.35. The minimum absolute atomic E-state index is 0.320. The van der Waals surface area contributed by atoms with Crippen LogP contribution >= 0.6 is 0 Å². The standard InChI is InChI=1S/C19H25N7/c1-2-26-19(22-18(23-26)13-25-15-20-14-21-25)17-10-6-7-11-24(17)12-16-8-4-3-5-9-16/h3-5,8-9,14-15,17H,2,6-7,10-13H2,1H3/t17-/m1/s1. The third kappa shape index (κ3) is 3.67. The molecule has 0 bridgehead atoms. The minimum atomic E-state index is 0.320. The van der Waals surface area contributed by atoms with Gasteiger partial charge in [0, 0.05) is 13.1 Å². The van der Waals surface area contributed by atoms with Gasteiger partial charge in [0.25, 0.3) is 0 Å². The number of hydrogen-bond acceptors (Lipinski definition) is 5. The first-order chi connectivity index (χ1) is 12.8. The molecular weight excluding hydrogens is 326 g/mol. The van der Waals surface area contributed by atoms with E-state index in [0.717, 1.165) is 37.7 Å². The summed E-state index contributed by atoms with van der Waals surface area (Å²) < 4.78 is 3.82. The fourth-order valence-corrected chi connectivity index (χ4v) is 3.70. The van der Waals surface area contributed by atoms with Gasteiger partial charge in [0.1, 0.15) is 25.0 Å². The molecule has 0 N–H and O–H groups in total. The van der Waals surface area contributed by atoms with E-state index >= 15 is 0 Å². The second kappa shape index (κ2) is 7.78. The highest BCUT2D eigenvalue weighted by molar-refractivity contribution is 5.15. The van der Waals surface area contributed by atoms with Crippen molar-refractivity contribution in [3.8, 4) is 0 Å². The quantitative estimate of drug-likeness (QED) is 0.683. The van der Waals surface area contributed by atoms with Gasteiger partial charge < -0.3 is 0 Å². The third-order valence-electron chi connectivity index (χ3n) is 4.95. The maximum absolute atomic E-state index is 4.89. The van der Waals surface area contributed by atoms with Crippen molar-refractivity contribution in [3.05, 3.63) is 60.2 Å². The molecule has 3 heterocycles. The molecule has 3 aromatic rings. The Kier molecular flexibility index (Phi) is 5.06. The maximum atomic E-state index is 4.89. The van der Waals surface area contributed by atoms with Gasteiger partial charge in [0.15, 0.2) is 5.82 Å². The summed E-state index contributed by atoms with van der Waals surface area (Å²) in [5.74, 6) is 1.89. The molecule has 2 aromatic heterocycles. The molecule has 0 aliphatic carbocycles. The van der Waals surface area contributed by atoms with E-state index in [1.807, 2.05) is 0 Å². The van der Waals surface area contributed by atoms with Crippen LogP contribution < -0.4 is 0 Å². The maximum Gasteiger partial charge on any atom is 0.172 e. The van der Waals surface area contributed by atoms with Crippen LogP contribution in [0, 0.1) is 0 Å². The molecule has 0 radical (unpaired) electrons. The van der Waals surface area contributed by atoms with Crippen molar-refractivity contribution in [2.45, 2.75) is 51.9 Å². The normalized spacial score (nSPS) is 18.3. The fraction of sp³-hybridized carbons (Fsp3) is 0.474. The van der Waals surface area contributed by atoms with Crippen LogP contribution in [0.3, 0.4) is 0 Å². The Hall–Kier alpha value is -2.54. The molecule has 1 saturated heterocycles. The van der Waals surface area contributed by atoms with Crippen LogP contribution in [0.25, 0.3) is 0 Å². The van der Waals surface area contributed by atoms with Gasteiger partial charge >= 0.3 is 0 Å². The zero-order valence-corrected chi connectivity index (χ0v) is 15.2. The van der Waals surface area contributed by atoms with E-state index in [-0.39, 0.29) is 0 Å². The number of hydrogen-bond donors (Lipinski definition) is 0. The molecule has 1 atom stereocenters. The molecule has 4 rings (SSSR count). The predicted octanol–water partition coefficient (Wildman–Crippen LogP) is 2.67. The SMILES string of the molecule is CCn1nc(Cn2cncn2)nc1[C@H]1CCCCN1Cc1ccccc1. The largest absolute Gasteiger partial charge is 0.289 e. The average Bonchev–Trinajstić information content (AvgIpc) is 3.33. The summed E-state index contributed by atoms with van der Waals surface area (Å²) in [7, 11) is 0. The van der Waals surface area contributed by atoms with E-state index in [9.17, 15) is 0 Å². The van der Waals surface area contributed by atoms with Crippen LogP contribution in [0.2, 0.25) is 0 Å². The van der Waals surface area contributed by atoms with Crippen molar-refractivity contribution in [1.82, 2.24) is 34.4 Å². The van der Waals surface area contributed by atoms with Crippen molar-refractivity contribution in [3.63, 3.8) is 0 Å². The van der Waals surface area contributed by atoms with Gasteiger partial charge in [-0.15, -0.1) is 0 Å². The van der Waals surface area contributed by atoms with E-state index in [4.69, 9.17) is 10.1 Å². The van der Waals surface area contributed by atoms with Gasteiger partial charge in [-0.05, 0) is 31.9 Å². The molecule has 136 valence electrons.